The van der Waals surface area contributed by atoms with Crippen LogP contribution >= 0.6 is 11.3 Å². The van der Waals surface area contributed by atoms with Gasteiger partial charge in [0, 0.05) is 26.2 Å². The molecule has 1 fully saturated rings. The molecule has 148 valence electrons. The van der Waals surface area contributed by atoms with Gasteiger partial charge in [-0.3, -0.25) is 9.69 Å². The van der Waals surface area contributed by atoms with Crippen LogP contribution in [-0.2, 0) is 16.6 Å². The van der Waals surface area contributed by atoms with Crippen LogP contribution in [0.25, 0.3) is 10.2 Å². The van der Waals surface area contributed by atoms with Crippen molar-refractivity contribution in [2.75, 3.05) is 26.2 Å². The highest BCUT2D eigenvalue weighted by Gasteiger charge is 2.33. The fourth-order valence-corrected chi connectivity index (χ4v) is 5.45. The predicted octanol–water partition coefficient (Wildman–Crippen LogP) is 1.77. The van der Waals surface area contributed by atoms with Gasteiger partial charge < -0.3 is 4.98 Å². The molecule has 0 unspecified atom stereocenters. The van der Waals surface area contributed by atoms with Crippen molar-refractivity contribution in [3.63, 3.8) is 0 Å². The van der Waals surface area contributed by atoms with E-state index in [4.69, 9.17) is 0 Å². The number of nitrogens with zero attached hydrogens (tertiary/aromatic N) is 3. The lowest BCUT2D eigenvalue weighted by Gasteiger charge is -2.33. The van der Waals surface area contributed by atoms with Gasteiger partial charge in [0.2, 0.25) is 10.0 Å². The molecule has 2 aromatic heterocycles. The van der Waals surface area contributed by atoms with E-state index in [1.165, 1.54) is 11.3 Å². The van der Waals surface area contributed by atoms with Gasteiger partial charge >= 0.3 is 0 Å². The summed E-state index contributed by atoms with van der Waals surface area (Å²) >= 11 is 1.32. The van der Waals surface area contributed by atoms with Gasteiger partial charge in [0.25, 0.3) is 5.56 Å². The molecule has 0 aliphatic carbocycles. The molecule has 3 aromatic rings. The van der Waals surface area contributed by atoms with Gasteiger partial charge in [-0.15, -0.1) is 11.3 Å². The SMILES string of the molecule is O=c1[nH]c(CN2CCN(S(=O)(=O)c3c(F)cccc3F)CC2)nc2ccsc12. The summed E-state index contributed by atoms with van der Waals surface area (Å²) in [6.45, 7) is 1.21. The molecule has 28 heavy (non-hydrogen) atoms. The van der Waals surface area contributed by atoms with E-state index in [-0.39, 0.29) is 18.6 Å². The lowest BCUT2D eigenvalue weighted by Crippen LogP contribution is -2.48. The average molecular weight is 426 g/mol. The molecule has 3 heterocycles. The van der Waals surface area contributed by atoms with Crippen molar-refractivity contribution < 1.29 is 17.2 Å². The summed E-state index contributed by atoms with van der Waals surface area (Å²) in [7, 11) is -4.26. The molecule has 4 rings (SSSR count). The number of thiophene rings is 1. The molecule has 0 spiro atoms. The molecule has 1 N–H and O–H groups in total. The quantitative estimate of drug-likeness (QED) is 0.687. The van der Waals surface area contributed by atoms with Crippen LogP contribution < -0.4 is 5.56 Å². The molecule has 0 atom stereocenters. The van der Waals surface area contributed by atoms with Crippen LogP contribution in [0.3, 0.4) is 0 Å². The van der Waals surface area contributed by atoms with Crippen molar-refractivity contribution >= 4 is 31.6 Å². The fraction of sp³-hybridized carbons (Fsp3) is 0.294. The smallest absolute Gasteiger partial charge is 0.268 e. The molecule has 0 bridgehead atoms. The van der Waals surface area contributed by atoms with Gasteiger partial charge in [-0.1, -0.05) is 6.07 Å². The highest BCUT2D eigenvalue weighted by molar-refractivity contribution is 7.89. The van der Waals surface area contributed by atoms with Crippen LogP contribution in [0.15, 0.2) is 39.3 Å². The van der Waals surface area contributed by atoms with Gasteiger partial charge in [-0.2, -0.15) is 4.31 Å². The van der Waals surface area contributed by atoms with Crippen LogP contribution in [0.4, 0.5) is 8.78 Å². The molecule has 1 aromatic carbocycles. The number of fused-ring (bicyclic) bond motifs is 1. The van der Waals surface area contributed by atoms with Gasteiger partial charge in [-0.05, 0) is 23.6 Å². The molecule has 0 amide bonds. The zero-order chi connectivity index (χ0) is 19.9. The molecule has 0 saturated carbocycles. The third-order valence-corrected chi connectivity index (χ3v) is 7.44. The molecular formula is C17H16F2N4O3S2. The van der Waals surface area contributed by atoms with Crippen molar-refractivity contribution in [2.24, 2.45) is 0 Å². The number of hydrogen-bond acceptors (Lipinski definition) is 6. The number of nitrogens with one attached hydrogen (secondary N) is 1. The second-order valence-electron chi connectivity index (χ2n) is 6.38. The van der Waals surface area contributed by atoms with Crippen molar-refractivity contribution in [1.82, 2.24) is 19.2 Å². The predicted molar refractivity (Wildman–Crippen MR) is 101 cm³/mol. The Balaban J connectivity index is 1.47. The fourth-order valence-electron chi connectivity index (χ4n) is 3.19. The first-order valence-corrected chi connectivity index (χ1v) is 10.8. The first-order chi connectivity index (χ1) is 13.4. The molecular weight excluding hydrogens is 410 g/mol. The number of rotatable bonds is 4. The maximum atomic E-state index is 13.9. The minimum absolute atomic E-state index is 0.0844. The first-order valence-electron chi connectivity index (χ1n) is 8.49. The molecule has 11 heteroatoms. The van der Waals surface area contributed by atoms with Crippen LogP contribution in [0.1, 0.15) is 5.82 Å². The van der Waals surface area contributed by atoms with Crippen LogP contribution in [0.2, 0.25) is 0 Å². The Kier molecular flexibility index (Phi) is 5.00. The molecule has 0 radical (unpaired) electrons. The van der Waals surface area contributed by atoms with Gasteiger partial charge in [0.05, 0.1) is 12.1 Å². The van der Waals surface area contributed by atoms with E-state index in [9.17, 15) is 22.0 Å². The van der Waals surface area contributed by atoms with E-state index >= 15 is 0 Å². The third kappa shape index (κ3) is 3.46. The summed E-state index contributed by atoms with van der Waals surface area (Å²) < 4.78 is 54.7. The monoisotopic (exact) mass is 426 g/mol. The van der Waals surface area contributed by atoms with Gasteiger partial charge in [-0.25, -0.2) is 22.2 Å². The number of piperazine rings is 1. The molecule has 1 saturated heterocycles. The Bertz CT molecular complexity index is 1160. The number of sulfonamides is 1. The highest BCUT2D eigenvalue weighted by atomic mass is 32.2. The van der Waals surface area contributed by atoms with E-state index in [1.54, 1.807) is 11.4 Å². The minimum Gasteiger partial charge on any atom is -0.308 e. The van der Waals surface area contributed by atoms with Gasteiger partial charge in [0.15, 0.2) is 4.90 Å². The normalized spacial score (nSPS) is 16.6. The van der Waals surface area contributed by atoms with Crippen molar-refractivity contribution in [3.8, 4) is 0 Å². The maximum Gasteiger partial charge on any atom is 0.268 e. The van der Waals surface area contributed by atoms with Gasteiger partial charge in [0.1, 0.15) is 22.2 Å². The zero-order valence-electron chi connectivity index (χ0n) is 14.6. The lowest BCUT2D eigenvalue weighted by atomic mass is 10.3. The molecule has 1 aliphatic rings. The average Bonchev–Trinajstić information content (AvgIpc) is 3.11. The second kappa shape index (κ2) is 7.32. The Labute approximate surface area is 163 Å². The lowest BCUT2D eigenvalue weighted by molar-refractivity contribution is 0.177. The zero-order valence-corrected chi connectivity index (χ0v) is 16.2. The summed E-state index contributed by atoms with van der Waals surface area (Å²) in [6.07, 6.45) is 0. The molecule has 1 aliphatic heterocycles. The summed E-state index contributed by atoms with van der Waals surface area (Å²) in [5.41, 5.74) is 0.422. The maximum absolute atomic E-state index is 13.9. The summed E-state index contributed by atoms with van der Waals surface area (Å²) in [4.78, 5) is 20.2. The number of halogens is 2. The molecule has 7 nitrogen and oxygen atoms in total. The number of hydrogen-bond donors (Lipinski definition) is 1. The van der Waals surface area contributed by atoms with Crippen LogP contribution in [0, 0.1) is 11.6 Å². The van der Waals surface area contributed by atoms with E-state index in [1.807, 2.05) is 4.90 Å². The van der Waals surface area contributed by atoms with Crippen molar-refractivity contribution in [1.29, 1.82) is 0 Å². The topological polar surface area (TPSA) is 86.4 Å². The Morgan fingerprint density at radius 3 is 2.46 bits per heavy atom. The largest absolute Gasteiger partial charge is 0.308 e. The Morgan fingerprint density at radius 1 is 1.11 bits per heavy atom. The van der Waals surface area contributed by atoms with Crippen molar-refractivity contribution in [3.05, 3.63) is 57.5 Å². The standard InChI is InChI=1S/C17H16F2N4O3S2/c18-11-2-1-3-12(19)16(11)28(25,26)23-7-5-22(6-8-23)10-14-20-13-4-9-27-15(13)17(24)21-14/h1-4,9H,5-8,10H2,(H,20,21,24). The summed E-state index contributed by atoms with van der Waals surface area (Å²) in [6, 6.07) is 4.75. The number of aromatic nitrogens is 2. The summed E-state index contributed by atoms with van der Waals surface area (Å²) in [5.74, 6) is -1.71. The number of H-pyrrole nitrogens is 1. The van der Waals surface area contributed by atoms with E-state index in [2.05, 4.69) is 9.97 Å². The van der Waals surface area contributed by atoms with E-state index in [0.29, 0.717) is 35.7 Å². The highest BCUT2D eigenvalue weighted by Crippen LogP contribution is 2.24. The minimum atomic E-state index is -4.26. The van der Waals surface area contributed by atoms with Crippen LogP contribution in [-0.4, -0.2) is 53.8 Å². The third-order valence-electron chi connectivity index (χ3n) is 4.59. The summed E-state index contributed by atoms with van der Waals surface area (Å²) in [5, 5.41) is 1.79. The Hall–Kier alpha value is -2.21. The van der Waals surface area contributed by atoms with Crippen LogP contribution in [0.5, 0.6) is 0 Å². The first kappa shape index (κ1) is 19.1. The number of benzene rings is 1. The van der Waals surface area contributed by atoms with E-state index < -0.39 is 26.6 Å². The second-order valence-corrected chi connectivity index (χ2v) is 9.17. The number of aromatic amines is 1. The Morgan fingerprint density at radius 2 is 1.79 bits per heavy atom. The van der Waals surface area contributed by atoms with E-state index in [0.717, 1.165) is 22.5 Å². The van der Waals surface area contributed by atoms with Crippen molar-refractivity contribution in [2.45, 2.75) is 11.4 Å².